The predicted molar refractivity (Wildman–Crippen MR) is 446 cm³/mol. The predicted octanol–water partition coefficient (Wildman–Crippen LogP) is 27.1. The smallest absolute Gasteiger partial charge is 0.462 e. The zero-order valence-electron chi connectivity index (χ0n) is 71.5. The minimum atomic E-state index is -4.97. The third-order valence-electron chi connectivity index (χ3n) is 20.8. The van der Waals surface area contributed by atoms with Gasteiger partial charge in [-0.3, -0.25) is 37.3 Å². The van der Waals surface area contributed by atoms with E-state index >= 15 is 0 Å². The lowest BCUT2D eigenvalue weighted by Crippen LogP contribution is -2.30. The first-order valence-corrected chi connectivity index (χ1v) is 48.7. The molecular weight excluding hydrogens is 1400 g/mol. The standard InChI is InChI=1S/C89H174O17P2/c1-79(2)65-57-49-41-33-27-21-15-9-12-18-24-30-36-45-53-61-69-86(91)99-75-84(105-88(93)71-63-55-47-37-31-25-19-13-10-16-22-28-34-42-50-58-66-80(3)4)77-103-107(95,96)101-73-83(90)74-102-108(97,98)104-78-85(76-100-87(92)70-62-54-46-40-39-44-52-60-68-82(7)8)106-89(94)72-64-56-48-38-32-26-20-14-11-17-23-29-35-43-51-59-67-81(5)6/h79-85,90H,9-78H2,1-8H3,(H,95,96)(H,97,98)/t83-,84-,85-/m1/s1. The maximum Gasteiger partial charge on any atom is 0.472 e. The summed E-state index contributed by atoms with van der Waals surface area (Å²) < 4.78 is 69.0. The van der Waals surface area contributed by atoms with Crippen LogP contribution in [0.5, 0.6) is 0 Å². The zero-order chi connectivity index (χ0) is 79.5. The van der Waals surface area contributed by atoms with Crippen LogP contribution in [0.3, 0.4) is 0 Å². The van der Waals surface area contributed by atoms with Gasteiger partial charge in [0.25, 0.3) is 0 Å². The van der Waals surface area contributed by atoms with Gasteiger partial charge >= 0.3 is 39.5 Å². The van der Waals surface area contributed by atoms with Crippen LogP contribution in [0.1, 0.15) is 466 Å². The van der Waals surface area contributed by atoms with E-state index in [0.717, 1.165) is 114 Å². The van der Waals surface area contributed by atoms with Crippen molar-refractivity contribution in [1.29, 1.82) is 0 Å². The van der Waals surface area contributed by atoms with Crippen LogP contribution in [0.2, 0.25) is 0 Å². The van der Waals surface area contributed by atoms with E-state index in [-0.39, 0.29) is 25.7 Å². The van der Waals surface area contributed by atoms with Gasteiger partial charge in [0.2, 0.25) is 0 Å². The Balaban J connectivity index is 5.24. The molecule has 0 aromatic carbocycles. The summed E-state index contributed by atoms with van der Waals surface area (Å²) in [6.45, 7) is 14.4. The number of hydrogen-bond acceptors (Lipinski definition) is 15. The van der Waals surface area contributed by atoms with Gasteiger partial charge in [0.1, 0.15) is 19.3 Å². The van der Waals surface area contributed by atoms with Crippen molar-refractivity contribution in [2.75, 3.05) is 39.6 Å². The van der Waals surface area contributed by atoms with Crippen molar-refractivity contribution in [1.82, 2.24) is 0 Å². The Morgan fingerprint density at radius 1 is 0.231 bits per heavy atom. The van der Waals surface area contributed by atoms with E-state index in [4.69, 9.17) is 37.0 Å². The number of aliphatic hydroxyl groups is 1. The third kappa shape index (κ3) is 82.1. The van der Waals surface area contributed by atoms with Crippen LogP contribution in [-0.4, -0.2) is 96.7 Å². The van der Waals surface area contributed by atoms with Crippen molar-refractivity contribution >= 4 is 39.5 Å². The van der Waals surface area contributed by atoms with E-state index in [9.17, 15) is 43.2 Å². The Labute approximate surface area is 664 Å². The van der Waals surface area contributed by atoms with Gasteiger partial charge in [-0.1, -0.05) is 415 Å². The maximum absolute atomic E-state index is 13.2. The average Bonchev–Trinajstić information content (AvgIpc) is 0.898. The second-order valence-corrected chi connectivity index (χ2v) is 36.8. The molecule has 0 saturated carbocycles. The molecule has 0 aromatic heterocycles. The first-order chi connectivity index (χ1) is 52.1. The quantitative estimate of drug-likeness (QED) is 0.0222. The van der Waals surface area contributed by atoms with Crippen LogP contribution in [0, 0.1) is 23.7 Å². The summed E-state index contributed by atoms with van der Waals surface area (Å²) in [5.74, 6) is 1.05. The van der Waals surface area contributed by atoms with Crippen LogP contribution in [-0.2, 0) is 65.4 Å². The SMILES string of the molecule is CC(C)CCCCCCCCCCCCCCCCCCC(=O)OC[C@H](COP(=O)(O)OC[C@@H](O)COP(=O)(O)OC[C@@H](COC(=O)CCCCCCCCCCC(C)C)OC(=O)CCCCCCCCCCCCCCCCCCC(C)C)OC(=O)CCCCCCCCCCCCCCCCCCC(C)C. The van der Waals surface area contributed by atoms with Crippen molar-refractivity contribution in [2.24, 2.45) is 23.7 Å². The van der Waals surface area contributed by atoms with Crippen molar-refractivity contribution in [3.8, 4) is 0 Å². The lowest BCUT2D eigenvalue weighted by molar-refractivity contribution is -0.161. The number of phosphoric acid groups is 2. The highest BCUT2D eigenvalue weighted by Gasteiger charge is 2.31. The average molecular weight is 1580 g/mol. The van der Waals surface area contributed by atoms with Gasteiger partial charge < -0.3 is 33.8 Å². The van der Waals surface area contributed by atoms with E-state index in [2.05, 4.69) is 55.4 Å². The molecule has 0 aliphatic heterocycles. The molecule has 0 rings (SSSR count). The number of phosphoric ester groups is 2. The molecule has 0 saturated heterocycles. The molecule has 3 N–H and O–H groups in total. The van der Waals surface area contributed by atoms with Gasteiger partial charge in [-0.05, 0) is 49.4 Å². The Kier molecular flexibility index (Phi) is 76.2. The molecule has 642 valence electrons. The third-order valence-corrected chi connectivity index (χ3v) is 22.7. The molecule has 0 heterocycles. The Morgan fingerprint density at radius 3 is 0.574 bits per heavy atom. The molecule has 17 nitrogen and oxygen atoms in total. The molecule has 0 aromatic rings. The van der Waals surface area contributed by atoms with Crippen LogP contribution in [0.15, 0.2) is 0 Å². The molecule has 108 heavy (non-hydrogen) atoms. The van der Waals surface area contributed by atoms with E-state index < -0.39 is 97.5 Å². The first-order valence-electron chi connectivity index (χ1n) is 45.7. The highest BCUT2D eigenvalue weighted by molar-refractivity contribution is 7.47. The number of esters is 4. The lowest BCUT2D eigenvalue weighted by atomic mass is 10.0. The fourth-order valence-corrected chi connectivity index (χ4v) is 15.4. The summed E-state index contributed by atoms with van der Waals surface area (Å²) in [5, 5.41) is 10.7. The highest BCUT2D eigenvalue weighted by Crippen LogP contribution is 2.45. The molecule has 0 amide bonds. The van der Waals surface area contributed by atoms with E-state index in [1.165, 1.54) is 270 Å². The Bertz CT molecular complexity index is 2090. The van der Waals surface area contributed by atoms with Gasteiger partial charge in [0.15, 0.2) is 12.2 Å². The molecule has 2 unspecified atom stereocenters. The summed E-state index contributed by atoms with van der Waals surface area (Å²) >= 11 is 0. The summed E-state index contributed by atoms with van der Waals surface area (Å²) in [4.78, 5) is 73.3. The summed E-state index contributed by atoms with van der Waals surface area (Å²) in [6, 6.07) is 0. The van der Waals surface area contributed by atoms with Gasteiger partial charge in [0.05, 0.1) is 26.4 Å². The van der Waals surface area contributed by atoms with Gasteiger partial charge in [0, 0.05) is 25.7 Å². The maximum atomic E-state index is 13.2. The normalized spacial score (nSPS) is 13.9. The summed E-state index contributed by atoms with van der Waals surface area (Å²) in [6.07, 6.45) is 68.1. The number of carbonyl (C=O) groups excluding carboxylic acids is 4. The van der Waals surface area contributed by atoms with E-state index in [1.807, 2.05) is 0 Å². The topological polar surface area (TPSA) is 237 Å². The molecule has 0 radical (unpaired) electrons. The number of rotatable bonds is 86. The largest absolute Gasteiger partial charge is 0.472 e. The van der Waals surface area contributed by atoms with Crippen LogP contribution >= 0.6 is 15.6 Å². The number of unbranched alkanes of at least 4 members (excludes halogenated alkanes) is 52. The van der Waals surface area contributed by atoms with E-state index in [1.54, 1.807) is 0 Å². The lowest BCUT2D eigenvalue weighted by Gasteiger charge is -2.21. The minimum absolute atomic E-state index is 0.107. The van der Waals surface area contributed by atoms with Crippen LogP contribution in [0.4, 0.5) is 0 Å². The molecule has 0 aliphatic carbocycles. The number of ether oxygens (including phenoxy) is 4. The summed E-state index contributed by atoms with van der Waals surface area (Å²) in [7, 11) is -9.93. The fourth-order valence-electron chi connectivity index (χ4n) is 13.8. The van der Waals surface area contributed by atoms with Crippen LogP contribution in [0.25, 0.3) is 0 Å². The van der Waals surface area contributed by atoms with Crippen molar-refractivity contribution in [3.63, 3.8) is 0 Å². The van der Waals surface area contributed by atoms with E-state index in [0.29, 0.717) is 25.7 Å². The molecule has 0 fully saturated rings. The minimum Gasteiger partial charge on any atom is -0.462 e. The second kappa shape index (κ2) is 77.6. The highest BCUT2D eigenvalue weighted by atomic mass is 31.2. The van der Waals surface area contributed by atoms with Gasteiger partial charge in [-0.25, -0.2) is 9.13 Å². The van der Waals surface area contributed by atoms with Crippen molar-refractivity contribution < 1.29 is 80.2 Å². The van der Waals surface area contributed by atoms with Crippen molar-refractivity contribution in [3.05, 3.63) is 0 Å². The Morgan fingerprint density at radius 2 is 0.389 bits per heavy atom. The number of aliphatic hydroxyl groups excluding tert-OH is 1. The van der Waals surface area contributed by atoms with Gasteiger partial charge in [-0.15, -0.1) is 0 Å². The van der Waals surface area contributed by atoms with Crippen LogP contribution < -0.4 is 0 Å². The molecule has 0 aliphatic rings. The molecule has 0 spiro atoms. The molecular formula is C89H174O17P2. The molecule has 5 atom stereocenters. The number of carbonyl (C=O) groups is 4. The molecule has 0 bridgehead atoms. The molecule has 19 heteroatoms. The Hall–Kier alpha value is -1.94. The van der Waals surface area contributed by atoms with Gasteiger partial charge in [-0.2, -0.15) is 0 Å². The second-order valence-electron chi connectivity index (χ2n) is 33.9. The zero-order valence-corrected chi connectivity index (χ0v) is 73.3. The first kappa shape index (κ1) is 106. The number of hydrogen-bond donors (Lipinski definition) is 3. The fraction of sp³-hybridized carbons (Fsp3) is 0.955. The monoisotopic (exact) mass is 1580 g/mol. The van der Waals surface area contributed by atoms with Crippen molar-refractivity contribution in [2.45, 2.75) is 485 Å². The summed E-state index contributed by atoms with van der Waals surface area (Å²) in [5.41, 5.74) is 0.